The summed E-state index contributed by atoms with van der Waals surface area (Å²) in [5.41, 5.74) is -0.327. The third-order valence-electron chi connectivity index (χ3n) is 6.04. The predicted octanol–water partition coefficient (Wildman–Crippen LogP) is 2.87. The molecule has 1 aromatic rings. The first-order valence-electron chi connectivity index (χ1n) is 11.4. The van der Waals surface area contributed by atoms with Gasteiger partial charge in [0.05, 0.1) is 12.0 Å². The van der Waals surface area contributed by atoms with Crippen LogP contribution in [0.2, 0.25) is 0 Å². The monoisotopic (exact) mass is 463 g/mol. The molecule has 2 unspecified atom stereocenters. The Morgan fingerprint density at radius 2 is 1.91 bits per heavy atom. The summed E-state index contributed by atoms with van der Waals surface area (Å²) in [7, 11) is 0. The molecular formula is C26H29N3O5. The highest BCUT2D eigenvalue weighted by Gasteiger charge is 2.56. The van der Waals surface area contributed by atoms with E-state index in [1.165, 1.54) is 17.2 Å². The number of nitrogens with one attached hydrogen (secondary N) is 1. The van der Waals surface area contributed by atoms with Crippen molar-refractivity contribution in [1.29, 1.82) is 0 Å². The highest BCUT2D eigenvalue weighted by Crippen LogP contribution is 2.37. The van der Waals surface area contributed by atoms with E-state index in [4.69, 9.17) is 9.47 Å². The standard InChI is InChI=1S/C26H29N3O5/c1-16(2)20(30)15-34-26-12-8-9-13-33-24(26)28-22-21(17(3)4)27-23(31)19(29(22)25(26)32)14-18-10-6-5-7-11-18/h5-13,16-17,19H,14-15H2,1-4H3,(H,27,31). The van der Waals surface area contributed by atoms with Gasteiger partial charge in [-0.15, -0.1) is 0 Å². The van der Waals surface area contributed by atoms with Gasteiger partial charge in [0.15, 0.2) is 11.6 Å². The van der Waals surface area contributed by atoms with Crippen LogP contribution in [0.25, 0.3) is 0 Å². The fraction of sp³-hybridized carbons (Fsp3) is 0.385. The molecule has 2 atom stereocenters. The Morgan fingerprint density at radius 1 is 1.18 bits per heavy atom. The van der Waals surface area contributed by atoms with Crippen molar-refractivity contribution in [3.05, 3.63) is 71.9 Å². The first kappa shape index (κ1) is 23.6. The van der Waals surface area contributed by atoms with E-state index >= 15 is 0 Å². The highest BCUT2D eigenvalue weighted by molar-refractivity contribution is 6.15. The molecule has 0 radical (unpaired) electrons. The topological polar surface area (TPSA) is 97.3 Å². The number of carbonyl (C=O) groups is 3. The van der Waals surface area contributed by atoms with Gasteiger partial charge in [-0.05, 0) is 23.6 Å². The molecular weight excluding hydrogens is 434 g/mol. The molecule has 3 heterocycles. The lowest BCUT2D eigenvalue weighted by molar-refractivity contribution is -0.154. The van der Waals surface area contributed by atoms with Gasteiger partial charge in [-0.1, -0.05) is 64.1 Å². The van der Waals surface area contributed by atoms with Crippen LogP contribution in [0.15, 0.2) is 71.3 Å². The van der Waals surface area contributed by atoms with Gasteiger partial charge in [0.25, 0.3) is 5.91 Å². The number of nitrogens with zero attached hydrogens (tertiary/aromatic N) is 2. The maximum atomic E-state index is 14.2. The number of amides is 2. The zero-order valence-corrected chi connectivity index (χ0v) is 19.8. The van der Waals surface area contributed by atoms with Gasteiger partial charge in [0.2, 0.25) is 17.4 Å². The molecule has 4 rings (SSSR count). The second kappa shape index (κ2) is 9.38. The minimum Gasteiger partial charge on any atom is -0.447 e. The molecule has 0 spiro atoms. The van der Waals surface area contributed by atoms with Gasteiger partial charge >= 0.3 is 0 Å². The zero-order valence-electron chi connectivity index (χ0n) is 19.8. The van der Waals surface area contributed by atoms with Crippen LogP contribution in [0.3, 0.4) is 0 Å². The summed E-state index contributed by atoms with van der Waals surface area (Å²) < 4.78 is 11.7. The average molecular weight is 464 g/mol. The molecule has 8 nitrogen and oxygen atoms in total. The van der Waals surface area contributed by atoms with Crippen LogP contribution in [0.4, 0.5) is 0 Å². The van der Waals surface area contributed by atoms with Gasteiger partial charge in [-0.2, -0.15) is 4.99 Å². The van der Waals surface area contributed by atoms with Crippen molar-refractivity contribution in [2.75, 3.05) is 6.61 Å². The van der Waals surface area contributed by atoms with Crippen molar-refractivity contribution < 1.29 is 23.9 Å². The van der Waals surface area contributed by atoms with Crippen LogP contribution in [-0.2, 0) is 30.3 Å². The number of rotatable bonds is 7. The summed E-state index contributed by atoms with van der Waals surface area (Å²) in [5.74, 6) is -1.01. The summed E-state index contributed by atoms with van der Waals surface area (Å²) in [5, 5.41) is 2.95. The van der Waals surface area contributed by atoms with Crippen LogP contribution < -0.4 is 5.32 Å². The van der Waals surface area contributed by atoms with E-state index in [0.29, 0.717) is 17.9 Å². The van der Waals surface area contributed by atoms with E-state index in [1.807, 2.05) is 44.2 Å². The van der Waals surface area contributed by atoms with Gasteiger partial charge in [0.1, 0.15) is 12.6 Å². The Morgan fingerprint density at radius 3 is 2.59 bits per heavy atom. The summed E-state index contributed by atoms with van der Waals surface area (Å²) in [6.45, 7) is 7.06. The first-order chi connectivity index (χ1) is 16.2. The van der Waals surface area contributed by atoms with Crippen LogP contribution >= 0.6 is 0 Å². The van der Waals surface area contributed by atoms with E-state index in [1.54, 1.807) is 26.0 Å². The molecule has 1 aromatic carbocycles. The van der Waals surface area contributed by atoms with Crippen molar-refractivity contribution in [1.82, 2.24) is 10.2 Å². The maximum Gasteiger partial charge on any atom is 0.275 e. The quantitative estimate of drug-likeness (QED) is 0.671. The number of ether oxygens (including phenoxy) is 2. The number of ketones is 1. The second-order valence-corrected chi connectivity index (χ2v) is 9.13. The molecule has 0 aliphatic carbocycles. The van der Waals surface area contributed by atoms with Crippen molar-refractivity contribution in [3.8, 4) is 0 Å². The third kappa shape index (κ3) is 4.21. The molecule has 0 bridgehead atoms. The molecule has 34 heavy (non-hydrogen) atoms. The van der Waals surface area contributed by atoms with Crippen molar-refractivity contribution in [2.45, 2.75) is 45.8 Å². The lowest BCUT2D eigenvalue weighted by atomic mass is 9.92. The Labute approximate surface area is 199 Å². The molecule has 3 aliphatic rings. The largest absolute Gasteiger partial charge is 0.447 e. The number of allylic oxidation sites excluding steroid dienone is 3. The van der Waals surface area contributed by atoms with Gasteiger partial charge in [-0.3, -0.25) is 19.3 Å². The van der Waals surface area contributed by atoms with Crippen molar-refractivity contribution in [3.63, 3.8) is 0 Å². The van der Waals surface area contributed by atoms with E-state index in [-0.39, 0.29) is 36.0 Å². The Kier molecular flexibility index (Phi) is 6.52. The minimum atomic E-state index is -1.76. The summed E-state index contributed by atoms with van der Waals surface area (Å²) in [6.07, 6.45) is 6.47. The Bertz CT molecular complexity index is 1120. The molecule has 2 amide bonds. The number of Topliss-reactive ketones (excluding diaryl/α,β-unsaturated/α-hetero) is 1. The van der Waals surface area contributed by atoms with E-state index < -0.39 is 17.6 Å². The van der Waals surface area contributed by atoms with Gasteiger partial charge in [0, 0.05) is 12.3 Å². The van der Waals surface area contributed by atoms with Crippen LogP contribution in [0.1, 0.15) is 33.3 Å². The number of hydrogen-bond acceptors (Lipinski definition) is 6. The molecule has 0 saturated carbocycles. The molecule has 8 heteroatoms. The first-order valence-corrected chi connectivity index (χ1v) is 11.4. The summed E-state index contributed by atoms with van der Waals surface area (Å²) in [6, 6.07) is 8.63. The van der Waals surface area contributed by atoms with E-state index in [9.17, 15) is 14.4 Å². The maximum absolute atomic E-state index is 14.2. The van der Waals surface area contributed by atoms with Gasteiger partial charge in [-0.25, -0.2) is 0 Å². The lowest BCUT2D eigenvalue weighted by Gasteiger charge is -2.44. The number of hydrogen-bond donors (Lipinski definition) is 1. The second-order valence-electron chi connectivity index (χ2n) is 9.13. The fourth-order valence-corrected chi connectivity index (χ4v) is 4.01. The number of carbonyl (C=O) groups excluding carboxylic acids is 3. The molecule has 0 saturated heterocycles. The smallest absolute Gasteiger partial charge is 0.275 e. The molecule has 1 N–H and O–H groups in total. The van der Waals surface area contributed by atoms with Crippen molar-refractivity contribution in [2.24, 2.45) is 16.8 Å². The summed E-state index contributed by atoms with van der Waals surface area (Å²) >= 11 is 0. The van der Waals surface area contributed by atoms with Crippen LogP contribution in [-0.4, -0.2) is 46.6 Å². The Hall–Kier alpha value is -3.52. The van der Waals surface area contributed by atoms with Crippen molar-refractivity contribution >= 4 is 23.5 Å². The zero-order chi connectivity index (χ0) is 24.5. The Balaban J connectivity index is 1.84. The minimum absolute atomic E-state index is 0.0121. The van der Waals surface area contributed by atoms with E-state index in [0.717, 1.165) is 5.56 Å². The molecule has 0 fully saturated rings. The predicted molar refractivity (Wildman–Crippen MR) is 126 cm³/mol. The number of benzene rings is 1. The third-order valence-corrected chi connectivity index (χ3v) is 6.04. The summed E-state index contributed by atoms with van der Waals surface area (Å²) in [4.78, 5) is 45.9. The van der Waals surface area contributed by atoms with E-state index in [2.05, 4.69) is 10.3 Å². The number of fused-ring (bicyclic) bond motifs is 2. The SMILES string of the molecule is CC(C)C(=O)COC12C=CC=COC1=NC1=C(C(C)C)NC(=O)C(Cc3ccccc3)N1C2=O. The van der Waals surface area contributed by atoms with Crippen LogP contribution in [0, 0.1) is 11.8 Å². The fourth-order valence-electron chi connectivity index (χ4n) is 4.01. The lowest BCUT2D eigenvalue weighted by Crippen LogP contribution is -2.65. The van der Waals surface area contributed by atoms with Crippen LogP contribution in [0.5, 0.6) is 0 Å². The highest BCUT2D eigenvalue weighted by atomic mass is 16.6. The number of aliphatic imine (C=N–C) groups is 1. The van der Waals surface area contributed by atoms with Gasteiger partial charge < -0.3 is 14.8 Å². The molecule has 3 aliphatic heterocycles. The molecule has 0 aromatic heterocycles. The average Bonchev–Trinajstić information content (AvgIpc) is 3.02. The normalized spacial score (nSPS) is 23.9. The molecule has 178 valence electrons.